The van der Waals surface area contributed by atoms with Crippen molar-refractivity contribution in [3.05, 3.63) is 59.7 Å². The minimum absolute atomic E-state index is 0.202. The third-order valence-corrected chi connectivity index (χ3v) is 5.02. The van der Waals surface area contributed by atoms with E-state index in [0.717, 1.165) is 36.1 Å². The van der Waals surface area contributed by atoms with Gasteiger partial charge in [0.05, 0.1) is 11.8 Å². The Morgan fingerprint density at radius 1 is 1.07 bits per heavy atom. The van der Waals surface area contributed by atoms with Crippen LogP contribution in [0, 0.1) is 0 Å². The maximum absolute atomic E-state index is 12.5. The van der Waals surface area contributed by atoms with E-state index in [-0.39, 0.29) is 18.8 Å². The quantitative estimate of drug-likeness (QED) is 0.753. The van der Waals surface area contributed by atoms with Crippen molar-refractivity contribution < 1.29 is 31.1 Å². The van der Waals surface area contributed by atoms with E-state index >= 15 is 0 Å². The topological polar surface area (TPSA) is 75.7 Å². The summed E-state index contributed by atoms with van der Waals surface area (Å²) in [6, 6.07) is 10.6. The van der Waals surface area contributed by atoms with E-state index in [1.54, 1.807) is 24.3 Å². The molecule has 1 amide bonds. The number of anilines is 1. The maximum atomic E-state index is 12.5. The molecule has 1 N–H and O–H groups in total. The zero-order chi connectivity index (χ0) is 20.9. The summed E-state index contributed by atoms with van der Waals surface area (Å²) in [5.41, 5.74) is 0.165. The van der Waals surface area contributed by atoms with Gasteiger partial charge < -0.3 is 10.1 Å². The molecule has 0 spiro atoms. The van der Waals surface area contributed by atoms with Gasteiger partial charge in [0, 0.05) is 19.3 Å². The first-order chi connectivity index (χ1) is 12.9. The van der Waals surface area contributed by atoms with Crippen LogP contribution in [0.1, 0.15) is 11.1 Å². The highest BCUT2D eigenvalue weighted by molar-refractivity contribution is 7.88. The van der Waals surface area contributed by atoms with Crippen molar-refractivity contribution in [2.45, 2.75) is 12.7 Å². The van der Waals surface area contributed by atoms with Gasteiger partial charge >= 0.3 is 6.18 Å². The lowest BCUT2D eigenvalue weighted by molar-refractivity contribution is -0.137. The molecule has 2 rings (SSSR count). The van der Waals surface area contributed by atoms with Gasteiger partial charge in [-0.1, -0.05) is 12.1 Å². The van der Waals surface area contributed by atoms with Crippen molar-refractivity contribution in [2.75, 3.05) is 25.2 Å². The lowest BCUT2D eigenvalue weighted by Gasteiger charge is -2.14. The molecule has 28 heavy (non-hydrogen) atoms. The number of amides is 1. The summed E-state index contributed by atoms with van der Waals surface area (Å²) in [6.45, 7) is -0.128. The van der Waals surface area contributed by atoms with Gasteiger partial charge in [0.2, 0.25) is 10.0 Å². The van der Waals surface area contributed by atoms with Crippen LogP contribution in [0.15, 0.2) is 48.5 Å². The first-order valence-electron chi connectivity index (χ1n) is 8.05. The zero-order valence-electron chi connectivity index (χ0n) is 15.2. The number of carbonyl (C=O) groups is 1. The zero-order valence-corrected chi connectivity index (χ0v) is 16.0. The van der Waals surface area contributed by atoms with E-state index in [1.165, 1.54) is 11.4 Å². The van der Waals surface area contributed by atoms with Crippen molar-refractivity contribution in [3.63, 3.8) is 0 Å². The van der Waals surface area contributed by atoms with E-state index in [1.807, 2.05) is 0 Å². The second-order valence-electron chi connectivity index (χ2n) is 6.07. The first-order valence-corrected chi connectivity index (χ1v) is 9.90. The Balaban J connectivity index is 1.85. The fourth-order valence-corrected chi connectivity index (χ4v) is 2.54. The summed E-state index contributed by atoms with van der Waals surface area (Å²) >= 11 is 0. The van der Waals surface area contributed by atoms with Crippen LogP contribution in [-0.4, -0.2) is 38.5 Å². The van der Waals surface area contributed by atoms with Gasteiger partial charge in [-0.05, 0) is 42.0 Å². The van der Waals surface area contributed by atoms with Crippen molar-refractivity contribution in [1.82, 2.24) is 4.31 Å². The van der Waals surface area contributed by atoms with E-state index in [2.05, 4.69) is 5.32 Å². The molecule has 0 radical (unpaired) electrons. The lowest BCUT2D eigenvalue weighted by atomic mass is 10.2. The molecule has 0 fully saturated rings. The number of halogens is 3. The summed E-state index contributed by atoms with van der Waals surface area (Å²) in [5, 5.41) is 2.44. The molecule has 0 saturated heterocycles. The second kappa shape index (κ2) is 8.61. The SMILES string of the molecule is CN(Cc1ccc(OCC(=O)Nc2ccc(C(F)(F)F)cc2)cc1)S(C)(=O)=O. The fourth-order valence-electron chi connectivity index (χ4n) is 2.15. The normalized spacial score (nSPS) is 12.1. The van der Waals surface area contributed by atoms with Gasteiger partial charge in [0.15, 0.2) is 6.61 Å². The first kappa shape index (κ1) is 21.7. The number of rotatable bonds is 7. The highest BCUT2D eigenvalue weighted by Gasteiger charge is 2.29. The predicted octanol–water partition coefficient (Wildman–Crippen LogP) is 3.11. The molecule has 152 valence electrons. The lowest BCUT2D eigenvalue weighted by Crippen LogP contribution is -2.24. The minimum atomic E-state index is -4.44. The molecule has 0 bridgehead atoms. The van der Waals surface area contributed by atoms with Crippen molar-refractivity contribution in [1.29, 1.82) is 0 Å². The Labute approximate surface area is 161 Å². The summed E-state index contributed by atoms with van der Waals surface area (Å²) in [5.74, 6) is -0.131. The average molecular weight is 416 g/mol. The standard InChI is InChI=1S/C18H19F3N2O4S/c1-23(28(2,25)26)11-13-3-9-16(10-4-13)27-12-17(24)22-15-7-5-14(6-8-15)18(19,20)21/h3-10H,11-12H2,1-2H3,(H,22,24). The summed E-state index contributed by atoms with van der Waals surface area (Å²) < 4.78 is 66.8. The molecule has 10 heteroatoms. The number of sulfonamides is 1. The molecule has 0 aromatic heterocycles. The van der Waals surface area contributed by atoms with Crippen LogP contribution in [-0.2, 0) is 27.5 Å². The molecule has 0 atom stereocenters. The summed E-state index contributed by atoms with van der Waals surface area (Å²) in [6.07, 6.45) is -3.33. The number of nitrogens with zero attached hydrogens (tertiary/aromatic N) is 1. The second-order valence-corrected chi connectivity index (χ2v) is 8.16. The summed E-state index contributed by atoms with van der Waals surface area (Å²) in [7, 11) is -1.82. The van der Waals surface area contributed by atoms with Crippen LogP contribution in [0.2, 0.25) is 0 Å². The van der Waals surface area contributed by atoms with Gasteiger partial charge in [-0.2, -0.15) is 13.2 Å². The molecule has 2 aromatic carbocycles. The van der Waals surface area contributed by atoms with Crippen LogP contribution in [0.4, 0.5) is 18.9 Å². The Kier molecular flexibility index (Phi) is 6.68. The molecule has 0 saturated carbocycles. The number of nitrogens with one attached hydrogen (secondary N) is 1. The average Bonchev–Trinajstić information content (AvgIpc) is 2.60. The smallest absolute Gasteiger partial charge is 0.416 e. The van der Waals surface area contributed by atoms with Gasteiger partial charge in [-0.3, -0.25) is 4.79 Å². The molecule has 0 aliphatic rings. The van der Waals surface area contributed by atoms with Crippen LogP contribution in [0.3, 0.4) is 0 Å². The molecule has 6 nitrogen and oxygen atoms in total. The third-order valence-electron chi connectivity index (χ3n) is 3.76. The number of carbonyl (C=O) groups excluding carboxylic acids is 1. The third kappa shape index (κ3) is 6.54. The highest BCUT2D eigenvalue weighted by Crippen LogP contribution is 2.29. The van der Waals surface area contributed by atoms with Crippen LogP contribution < -0.4 is 10.1 Å². The highest BCUT2D eigenvalue weighted by atomic mass is 32.2. The Hall–Kier alpha value is -2.59. The minimum Gasteiger partial charge on any atom is -0.484 e. The number of hydrogen-bond acceptors (Lipinski definition) is 4. The Morgan fingerprint density at radius 2 is 1.64 bits per heavy atom. The molecule has 2 aromatic rings. The van der Waals surface area contributed by atoms with E-state index in [4.69, 9.17) is 4.74 Å². The van der Waals surface area contributed by atoms with Crippen molar-refractivity contribution in [2.24, 2.45) is 0 Å². The van der Waals surface area contributed by atoms with Gasteiger partial charge in [-0.15, -0.1) is 0 Å². The van der Waals surface area contributed by atoms with Gasteiger partial charge in [0.25, 0.3) is 5.91 Å². The van der Waals surface area contributed by atoms with E-state index in [9.17, 15) is 26.4 Å². The van der Waals surface area contributed by atoms with Crippen molar-refractivity contribution in [3.8, 4) is 5.75 Å². The van der Waals surface area contributed by atoms with Gasteiger partial charge in [-0.25, -0.2) is 12.7 Å². The molecule has 0 aliphatic carbocycles. The monoisotopic (exact) mass is 416 g/mol. The molecular weight excluding hydrogens is 397 g/mol. The van der Waals surface area contributed by atoms with E-state index < -0.39 is 27.7 Å². The molecule has 0 unspecified atom stereocenters. The summed E-state index contributed by atoms with van der Waals surface area (Å²) in [4.78, 5) is 11.9. The molecular formula is C18H19F3N2O4S. The number of hydrogen-bond donors (Lipinski definition) is 1. The van der Waals surface area contributed by atoms with Crippen LogP contribution >= 0.6 is 0 Å². The van der Waals surface area contributed by atoms with Gasteiger partial charge in [0.1, 0.15) is 5.75 Å². The number of alkyl halides is 3. The number of benzene rings is 2. The number of ether oxygens (including phenoxy) is 1. The van der Waals surface area contributed by atoms with Crippen molar-refractivity contribution >= 4 is 21.6 Å². The maximum Gasteiger partial charge on any atom is 0.416 e. The largest absolute Gasteiger partial charge is 0.484 e. The molecule has 0 heterocycles. The fraction of sp³-hybridized carbons (Fsp3) is 0.278. The van der Waals surface area contributed by atoms with Crippen LogP contribution in [0.5, 0.6) is 5.75 Å². The Bertz CT molecular complexity index is 911. The van der Waals surface area contributed by atoms with E-state index in [0.29, 0.717) is 5.75 Å². The Morgan fingerprint density at radius 3 is 2.14 bits per heavy atom. The molecule has 0 aliphatic heterocycles. The predicted molar refractivity (Wildman–Crippen MR) is 98.3 cm³/mol. The van der Waals surface area contributed by atoms with Crippen LogP contribution in [0.25, 0.3) is 0 Å².